The van der Waals surface area contributed by atoms with Crippen LogP contribution >= 0.6 is 23.4 Å². The largest absolute Gasteiger partial charge is 0.393 e. The number of aryl methyl sites for hydroxylation is 1. The van der Waals surface area contributed by atoms with Crippen LogP contribution in [0, 0.1) is 13.8 Å². The van der Waals surface area contributed by atoms with Crippen LogP contribution in [0.2, 0.25) is 5.02 Å². The summed E-state index contributed by atoms with van der Waals surface area (Å²) < 4.78 is 58.7. The Bertz CT molecular complexity index is 2840. The lowest BCUT2D eigenvalue weighted by molar-refractivity contribution is 0.0817. The fraction of sp³-hybridized carbons (Fsp3) is 0.333. The zero-order chi connectivity index (χ0) is 46.6. The number of piperidine rings is 1. The summed E-state index contributed by atoms with van der Waals surface area (Å²) in [6.07, 6.45) is 3.60. The molecule has 5 aromatic carbocycles. The summed E-state index contributed by atoms with van der Waals surface area (Å²) in [5.74, 6) is 0.860. The van der Waals surface area contributed by atoms with E-state index in [1.807, 2.05) is 122 Å². The van der Waals surface area contributed by atoms with E-state index in [0.29, 0.717) is 26.9 Å². The fourth-order valence-corrected chi connectivity index (χ4v) is 12.6. The van der Waals surface area contributed by atoms with Crippen molar-refractivity contribution in [3.63, 3.8) is 0 Å². The second-order valence-electron chi connectivity index (χ2n) is 17.5. The van der Waals surface area contributed by atoms with Crippen LogP contribution in [-0.4, -0.2) is 101 Å². The molecule has 2 fully saturated rings. The Hall–Kier alpha value is -4.96. The first-order valence-corrected chi connectivity index (χ1v) is 27.2. The summed E-state index contributed by atoms with van der Waals surface area (Å²) in [6, 6.07) is 38.9. The number of nitrogens with zero attached hydrogens (tertiary/aromatic N) is 4. The van der Waals surface area contributed by atoms with Crippen molar-refractivity contribution >= 4 is 66.0 Å². The van der Waals surface area contributed by atoms with Crippen LogP contribution in [-0.2, 0) is 26.9 Å². The summed E-state index contributed by atoms with van der Waals surface area (Å²) in [6.45, 7) is 9.50. The van der Waals surface area contributed by atoms with Crippen molar-refractivity contribution in [3.8, 4) is 22.4 Å². The third-order valence-electron chi connectivity index (χ3n) is 12.8. The number of rotatable bonds is 16. The van der Waals surface area contributed by atoms with Crippen LogP contribution in [0.4, 0.5) is 22.7 Å². The number of sulfone groups is 1. The second-order valence-corrected chi connectivity index (χ2v) is 22.6. The molecule has 348 valence electrons. The van der Waals surface area contributed by atoms with Gasteiger partial charge in [-0.05, 0) is 129 Å². The first-order chi connectivity index (χ1) is 31.6. The number of nitrogens with one attached hydrogen (secondary N) is 2. The molecule has 1 atom stereocenters. The SMILES string of the molecule is Cc1cc(S(=O)(=O)Nc2ccc(N3CCN(c4cccc(-c5c(S(C)(=O)=O)c(C)n(C)c5-c5ccc(Cl)cc5)c4)CC3)cc2)ccc1N[C@H](CCN1CCC(O)CC1)CSc1ccccc1. The Balaban J connectivity index is 0.901. The molecule has 8 rings (SSSR count). The highest BCUT2D eigenvalue weighted by Crippen LogP contribution is 2.42. The minimum atomic E-state index is -3.86. The summed E-state index contributed by atoms with van der Waals surface area (Å²) >= 11 is 8.04. The average Bonchev–Trinajstić information content (AvgIpc) is 3.59. The second kappa shape index (κ2) is 20.5. The molecule has 0 saturated carbocycles. The normalized spacial score (nSPS) is 15.8. The Kier molecular flexibility index (Phi) is 14.8. The summed E-state index contributed by atoms with van der Waals surface area (Å²) in [7, 11) is -5.53. The molecule has 1 aromatic heterocycles. The van der Waals surface area contributed by atoms with E-state index in [-0.39, 0.29) is 17.0 Å². The van der Waals surface area contributed by atoms with Crippen molar-refractivity contribution in [3.05, 3.63) is 138 Å². The van der Waals surface area contributed by atoms with Crippen LogP contribution < -0.4 is 19.8 Å². The van der Waals surface area contributed by atoms with Crippen LogP contribution in [0.25, 0.3) is 22.4 Å². The molecule has 0 unspecified atom stereocenters. The van der Waals surface area contributed by atoms with Gasteiger partial charge in [-0.3, -0.25) is 4.72 Å². The Labute approximate surface area is 399 Å². The molecular formula is C51H59ClN6O5S3. The van der Waals surface area contributed by atoms with E-state index in [1.54, 1.807) is 12.1 Å². The van der Waals surface area contributed by atoms with Crippen molar-refractivity contribution < 1.29 is 21.9 Å². The van der Waals surface area contributed by atoms with Gasteiger partial charge in [0.25, 0.3) is 10.0 Å². The number of likely N-dealkylation sites (tertiary alicyclic amines) is 1. The average molecular weight is 968 g/mol. The first-order valence-electron chi connectivity index (χ1n) is 22.5. The number of aliphatic hydroxyl groups excluding tert-OH is 1. The molecule has 2 aliphatic rings. The molecule has 0 aliphatic carbocycles. The van der Waals surface area contributed by atoms with E-state index < -0.39 is 19.9 Å². The molecule has 3 heterocycles. The zero-order valence-corrected chi connectivity index (χ0v) is 41.2. The van der Waals surface area contributed by atoms with Crippen LogP contribution in [0.1, 0.15) is 30.5 Å². The molecule has 0 bridgehead atoms. The lowest BCUT2D eigenvalue weighted by Gasteiger charge is -2.37. The number of thioether (sulfide) groups is 1. The number of piperazine rings is 1. The smallest absolute Gasteiger partial charge is 0.261 e. The van der Waals surface area contributed by atoms with E-state index in [9.17, 15) is 21.9 Å². The summed E-state index contributed by atoms with van der Waals surface area (Å²) in [5, 5.41) is 14.3. The molecule has 15 heteroatoms. The van der Waals surface area contributed by atoms with Gasteiger partial charge in [-0.25, -0.2) is 16.8 Å². The number of aromatic nitrogens is 1. The third-order valence-corrected chi connectivity index (χ3v) is 16.8. The molecule has 2 saturated heterocycles. The predicted molar refractivity (Wildman–Crippen MR) is 273 cm³/mol. The molecule has 0 radical (unpaired) electrons. The van der Waals surface area contributed by atoms with Gasteiger partial charge in [-0.1, -0.05) is 54.1 Å². The maximum absolute atomic E-state index is 13.7. The van der Waals surface area contributed by atoms with Gasteiger partial charge in [-0.2, -0.15) is 0 Å². The van der Waals surface area contributed by atoms with Crippen molar-refractivity contribution in [1.82, 2.24) is 9.47 Å². The molecule has 2 aliphatic heterocycles. The van der Waals surface area contributed by atoms with E-state index in [0.717, 1.165) is 110 Å². The number of sulfonamides is 1. The molecule has 6 aromatic rings. The van der Waals surface area contributed by atoms with Gasteiger partial charge in [0.05, 0.1) is 21.6 Å². The van der Waals surface area contributed by atoms with Gasteiger partial charge in [0, 0.05) is 115 Å². The van der Waals surface area contributed by atoms with Crippen LogP contribution in [0.5, 0.6) is 0 Å². The van der Waals surface area contributed by atoms with Crippen molar-refractivity contribution in [1.29, 1.82) is 0 Å². The van der Waals surface area contributed by atoms with E-state index >= 15 is 0 Å². The number of hydrogen-bond acceptors (Lipinski definition) is 10. The van der Waals surface area contributed by atoms with Gasteiger partial charge < -0.3 is 29.7 Å². The molecule has 0 amide bonds. The highest BCUT2D eigenvalue weighted by molar-refractivity contribution is 7.99. The van der Waals surface area contributed by atoms with E-state index in [2.05, 4.69) is 49.0 Å². The van der Waals surface area contributed by atoms with E-state index in [4.69, 9.17) is 11.6 Å². The number of aliphatic hydroxyl groups is 1. The van der Waals surface area contributed by atoms with Gasteiger partial charge in [0.1, 0.15) is 0 Å². The van der Waals surface area contributed by atoms with Crippen LogP contribution in [0.3, 0.4) is 0 Å². The predicted octanol–water partition coefficient (Wildman–Crippen LogP) is 9.58. The number of halogens is 1. The number of benzene rings is 5. The monoisotopic (exact) mass is 966 g/mol. The van der Waals surface area contributed by atoms with E-state index in [1.165, 1.54) is 11.2 Å². The molecule has 11 nitrogen and oxygen atoms in total. The molecule has 0 spiro atoms. The molecular weight excluding hydrogens is 908 g/mol. The molecule has 66 heavy (non-hydrogen) atoms. The standard InChI is InChI=1S/C51H59ClN6O5S3/c1-36-33-47(21-22-48(36)53-42(35-64-46-11-6-5-7-12-46)23-26-56-27-24-45(59)25-28-56)66(62,63)54-41-17-19-43(20-18-41)57-29-31-58(32-30-57)44-10-8-9-39(34-44)49-50(38-13-15-40(52)16-14-38)55(3)37(2)51(49)65(4,60)61/h5-22,33-34,42,45,53-54,59H,23-32,35H2,1-4H3/t42-/m1/s1. The third kappa shape index (κ3) is 11.2. The zero-order valence-electron chi connectivity index (χ0n) is 38.0. The highest BCUT2D eigenvalue weighted by Gasteiger charge is 2.28. The van der Waals surface area contributed by atoms with Gasteiger partial charge >= 0.3 is 0 Å². The van der Waals surface area contributed by atoms with Crippen molar-refractivity contribution in [2.24, 2.45) is 7.05 Å². The maximum atomic E-state index is 13.7. The quantitative estimate of drug-likeness (QED) is 0.0808. The van der Waals surface area contributed by atoms with Gasteiger partial charge in [0.15, 0.2) is 9.84 Å². The Morgan fingerprint density at radius 2 is 1.42 bits per heavy atom. The lowest BCUT2D eigenvalue weighted by atomic mass is 10.00. The highest BCUT2D eigenvalue weighted by atomic mass is 35.5. The topological polar surface area (TPSA) is 127 Å². The Morgan fingerprint density at radius 3 is 2.08 bits per heavy atom. The van der Waals surface area contributed by atoms with Gasteiger partial charge in [-0.15, -0.1) is 11.8 Å². The Morgan fingerprint density at radius 1 is 0.758 bits per heavy atom. The maximum Gasteiger partial charge on any atom is 0.261 e. The summed E-state index contributed by atoms with van der Waals surface area (Å²) in [5.41, 5.74) is 8.14. The number of anilines is 4. The van der Waals surface area contributed by atoms with Crippen molar-refractivity contribution in [2.75, 3.05) is 77.7 Å². The summed E-state index contributed by atoms with van der Waals surface area (Å²) in [4.78, 5) is 8.76. The van der Waals surface area contributed by atoms with Gasteiger partial charge in [0.2, 0.25) is 0 Å². The fourth-order valence-electron chi connectivity index (χ4n) is 9.06. The number of hydrogen-bond donors (Lipinski definition) is 3. The molecule has 3 N–H and O–H groups in total. The van der Waals surface area contributed by atoms with Crippen LogP contribution in [0.15, 0.2) is 136 Å². The van der Waals surface area contributed by atoms with Crippen molar-refractivity contribution in [2.45, 2.75) is 59.9 Å². The first kappa shape index (κ1) is 47.5. The lowest BCUT2D eigenvalue weighted by Crippen LogP contribution is -2.46. The minimum Gasteiger partial charge on any atom is -0.393 e. The minimum absolute atomic E-state index is 0.158.